The molecule has 1 rings (SSSR count). The Morgan fingerprint density at radius 1 is 1.60 bits per heavy atom. The molecule has 0 aromatic rings. The SMILES string of the molecule is C=CCOC(=O)NC1CCN(C(C(=O)O)C(C)C)C1=O. The minimum Gasteiger partial charge on any atom is -0.480 e. The van der Waals surface area contributed by atoms with Gasteiger partial charge in [-0.3, -0.25) is 4.79 Å². The molecule has 0 aromatic heterocycles. The van der Waals surface area contributed by atoms with Gasteiger partial charge in [-0.2, -0.15) is 0 Å². The molecule has 2 atom stereocenters. The van der Waals surface area contributed by atoms with Crippen LogP contribution in [-0.2, 0) is 14.3 Å². The second-order valence-electron chi connectivity index (χ2n) is 4.93. The first-order chi connectivity index (χ1) is 9.38. The summed E-state index contributed by atoms with van der Waals surface area (Å²) in [5.41, 5.74) is 0. The summed E-state index contributed by atoms with van der Waals surface area (Å²) in [6.45, 7) is 7.25. The molecule has 2 N–H and O–H groups in total. The standard InChI is InChI=1S/C13H20N2O5/c1-4-7-20-13(19)14-9-5-6-15(11(9)16)10(8(2)3)12(17)18/h4,8-10H,1,5-7H2,2-3H3,(H,14,19)(H,17,18). The Morgan fingerprint density at radius 2 is 2.25 bits per heavy atom. The smallest absolute Gasteiger partial charge is 0.408 e. The van der Waals surface area contributed by atoms with Crippen molar-refractivity contribution in [3.63, 3.8) is 0 Å². The minimum atomic E-state index is -1.04. The summed E-state index contributed by atoms with van der Waals surface area (Å²) >= 11 is 0. The van der Waals surface area contributed by atoms with Crippen LogP contribution in [-0.4, -0.2) is 53.2 Å². The number of hydrogen-bond acceptors (Lipinski definition) is 4. The van der Waals surface area contributed by atoms with Crippen LogP contribution >= 0.6 is 0 Å². The van der Waals surface area contributed by atoms with E-state index in [1.807, 2.05) is 0 Å². The van der Waals surface area contributed by atoms with Crippen LogP contribution in [0.3, 0.4) is 0 Å². The quantitative estimate of drug-likeness (QED) is 0.697. The maximum Gasteiger partial charge on any atom is 0.408 e. The first kappa shape index (κ1) is 16.0. The predicted octanol–water partition coefficient (Wildman–Crippen LogP) is 0.609. The van der Waals surface area contributed by atoms with Crippen molar-refractivity contribution in [1.29, 1.82) is 0 Å². The number of nitrogens with zero attached hydrogens (tertiary/aromatic N) is 1. The van der Waals surface area contributed by atoms with E-state index in [4.69, 9.17) is 4.74 Å². The lowest BCUT2D eigenvalue weighted by atomic mass is 10.0. The van der Waals surface area contributed by atoms with Crippen LogP contribution in [0.2, 0.25) is 0 Å². The average Bonchev–Trinajstić information content (AvgIpc) is 2.69. The van der Waals surface area contributed by atoms with Crippen molar-refractivity contribution in [2.45, 2.75) is 32.4 Å². The van der Waals surface area contributed by atoms with Gasteiger partial charge in [-0.05, 0) is 12.3 Å². The first-order valence-corrected chi connectivity index (χ1v) is 6.46. The monoisotopic (exact) mass is 284 g/mol. The number of nitrogens with one attached hydrogen (secondary N) is 1. The number of ether oxygens (including phenoxy) is 1. The Kier molecular flexibility index (Phi) is 5.54. The van der Waals surface area contributed by atoms with Crippen LogP contribution in [0.25, 0.3) is 0 Å². The Morgan fingerprint density at radius 3 is 2.75 bits per heavy atom. The molecule has 20 heavy (non-hydrogen) atoms. The molecule has 2 unspecified atom stereocenters. The summed E-state index contributed by atoms with van der Waals surface area (Å²) in [7, 11) is 0. The number of carbonyl (C=O) groups excluding carboxylic acids is 2. The zero-order chi connectivity index (χ0) is 15.3. The minimum absolute atomic E-state index is 0.0558. The Hall–Kier alpha value is -2.05. The van der Waals surface area contributed by atoms with Crippen molar-refractivity contribution in [2.75, 3.05) is 13.2 Å². The molecule has 2 amide bonds. The fourth-order valence-corrected chi connectivity index (χ4v) is 2.21. The van der Waals surface area contributed by atoms with Gasteiger partial charge in [-0.25, -0.2) is 9.59 Å². The van der Waals surface area contributed by atoms with Gasteiger partial charge >= 0.3 is 12.1 Å². The molecule has 0 aromatic carbocycles. The normalized spacial score (nSPS) is 19.9. The largest absolute Gasteiger partial charge is 0.480 e. The van der Waals surface area contributed by atoms with Gasteiger partial charge in [0, 0.05) is 6.54 Å². The fourth-order valence-electron chi connectivity index (χ4n) is 2.21. The lowest BCUT2D eigenvalue weighted by Gasteiger charge is -2.27. The maximum atomic E-state index is 12.1. The number of carboxylic acid groups (broad SMARTS) is 1. The molecular weight excluding hydrogens is 264 g/mol. The lowest BCUT2D eigenvalue weighted by Crippen LogP contribution is -2.49. The van der Waals surface area contributed by atoms with Crippen molar-refractivity contribution in [1.82, 2.24) is 10.2 Å². The van der Waals surface area contributed by atoms with Crippen LogP contribution in [0, 0.1) is 5.92 Å². The topological polar surface area (TPSA) is 95.9 Å². The van der Waals surface area contributed by atoms with E-state index in [1.165, 1.54) is 11.0 Å². The van der Waals surface area contributed by atoms with E-state index in [2.05, 4.69) is 11.9 Å². The summed E-state index contributed by atoms with van der Waals surface area (Å²) in [6, 6.07) is -1.61. The van der Waals surface area contributed by atoms with Gasteiger partial charge in [-0.15, -0.1) is 0 Å². The van der Waals surface area contributed by atoms with Crippen molar-refractivity contribution >= 4 is 18.0 Å². The van der Waals surface area contributed by atoms with Crippen LogP contribution in [0.1, 0.15) is 20.3 Å². The van der Waals surface area contributed by atoms with Crippen LogP contribution in [0.4, 0.5) is 4.79 Å². The third-order valence-electron chi connectivity index (χ3n) is 3.08. The van der Waals surface area contributed by atoms with Crippen LogP contribution in [0.15, 0.2) is 12.7 Å². The molecule has 0 aliphatic carbocycles. The zero-order valence-corrected chi connectivity index (χ0v) is 11.7. The number of carbonyl (C=O) groups is 3. The van der Waals surface area contributed by atoms with Crippen molar-refractivity contribution < 1.29 is 24.2 Å². The summed E-state index contributed by atoms with van der Waals surface area (Å²) in [6.07, 6.45) is 1.08. The summed E-state index contributed by atoms with van der Waals surface area (Å²) in [5, 5.41) is 11.6. The highest BCUT2D eigenvalue weighted by Crippen LogP contribution is 2.20. The molecule has 1 aliphatic rings. The second-order valence-corrected chi connectivity index (χ2v) is 4.93. The number of rotatable bonds is 6. The van der Waals surface area contributed by atoms with Gasteiger partial charge in [0.25, 0.3) is 0 Å². The predicted molar refractivity (Wildman–Crippen MR) is 71.1 cm³/mol. The van der Waals surface area contributed by atoms with E-state index in [0.29, 0.717) is 13.0 Å². The van der Waals surface area contributed by atoms with Gasteiger partial charge in [-0.1, -0.05) is 26.5 Å². The van der Waals surface area contributed by atoms with Gasteiger partial charge in [0.15, 0.2) is 0 Å². The lowest BCUT2D eigenvalue weighted by molar-refractivity contribution is -0.150. The molecular formula is C13H20N2O5. The van der Waals surface area contributed by atoms with Crippen molar-refractivity contribution in [3.8, 4) is 0 Å². The van der Waals surface area contributed by atoms with Gasteiger partial charge in [0.2, 0.25) is 5.91 Å². The van der Waals surface area contributed by atoms with Crippen molar-refractivity contribution in [2.24, 2.45) is 5.92 Å². The fraction of sp³-hybridized carbons (Fsp3) is 0.615. The van der Waals surface area contributed by atoms with Gasteiger partial charge in [0.1, 0.15) is 18.7 Å². The maximum absolute atomic E-state index is 12.1. The Bertz CT molecular complexity index is 408. The number of aliphatic carboxylic acids is 1. The van der Waals surface area contributed by atoms with Crippen LogP contribution in [0.5, 0.6) is 0 Å². The number of alkyl carbamates (subject to hydrolysis) is 1. The van der Waals surface area contributed by atoms with E-state index in [0.717, 1.165) is 0 Å². The molecule has 0 bridgehead atoms. The number of hydrogen-bond donors (Lipinski definition) is 2. The number of amides is 2. The molecule has 0 saturated carbocycles. The molecule has 0 radical (unpaired) electrons. The van der Waals surface area contributed by atoms with Crippen molar-refractivity contribution in [3.05, 3.63) is 12.7 Å². The Balaban J connectivity index is 2.65. The van der Waals surface area contributed by atoms with E-state index < -0.39 is 24.1 Å². The zero-order valence-electron chi connectivity index (χ0n) is 11.7. The molecule has 7 heteroatoms. The van der Waals surface area contributed by atoms with Gasteiger partial charge in [0.05, 0.1) is 0 Å². The van der Waals surface area contributed by atoms with E-state index in [9.17, 15) is 19.5 Å². The molecule has 112 valence electrons. The highest BCUT2D eigenvalue weighted by molar-refractivity contribution is 5.91. The highest BCUT2D eigenvalue weighted by atomic mass is 16.5. The second kappa shape index (κ2) is 6.93. The number of carboxylic acids is 1. The molecule has 1 fully saturated rings. The van der Waals surface area contributed by atoms with E-state index in [-0.39, 0.29) is 18.4 Å². The number of likely N-dealkylation sites (tertiary alicyclic amines) is 1. The third kappa shape index (κ3) is 3.72. The molecule has 7 nitrogen and oxygen atoms in total. The van der Waals surface area contributed by atoms with E-state index in [1.54, 1.807) is 13.8 Å². The van der Waals surface area contributed by atoms with E-state index >= 15 is 0 Å². The third-order valence-corrected chi connectivity index (χ3v) is 3.08. The van der Waals surface area contributed by atoms with Gasteiger partial charge < -0.3 is 20.1 Å². The highest BCUT2D eigenvalue weighted by Gasteiger charge is 2.41. The first-order valence-electron chi connectivity index (χ1n) is 6.46. The average molecular weight is 284 g/mol. The molecule has 1 aliphatic heterocycles. The molecule has 1 saturated heterocycles. The molecule has 1 heterocycles. The summed E-state index contributed by atoms with van der Waals surface area (Å²) in [5.74, 6) is -1.63. The van der Waals surface area contributed by atoms with Crippen LogP contribution < -0.4 is 5.32 Å². The Labute approximate surface area is 117 Å². The molecule has 0 spiro atoms. The summed E-state index contributed by atoms with van der Waals surface area (Å²) < 4.78 is 4.74. The summed E-state index contributed by atoms with van der Waals surface area (Å²) in [4.78, 5) is 36.0.